The monoisotopic (exact) mass is 565 g/mol. The molecule has 0 radical (unpaired) electrons. The van der Waals surface area contributed by atoms with Crippen LogP contribution in [0.2, 0.25) is 0 Å². The number of carbonyl (C=O) groups is 3. The minimum absolute atomic E-state index is 0.0363. The van der Waals surface area contributed by atoms with Crippen molar-refractivity contribution in [1.82, 2.24) is 30.1 Å². The predicted molar refractivity (Wildman–Crippen MR) is 160 cm³/mol. The molecule has 10 heteroatoms. The van der Waals surface area contributed by atoms with Crippen LogP contribution in [0, 0.1) is 6.92 Å². The number of hydrogen-bond acceptors (Lipinski definition) is 7. The van der Waals surface area contributed by atoms with E-state index in [2.05, 4.69) is 49.7 Å². The van der Waals surface area contributed by atoms with E-state index in [1.807, 2.05) is 31.2 Å². The molecule has 6 rings (SSSR count). The van der Waals surface area contributed by atoms with Crippen molar-refractivity contribution in [1.29, 1.82) is 0 Å². The Morgan fingerprint density at radius 1 is 1.00 bits per heavy atom. The Kier molecular flexibility index (Phi) is 7.47. The largest absolute Gasteiger partial charge is 0.369 e. The van der Waals surface area contributed by atoms with Gasteiger partial charge in [-0.05, 0) is 68.1 Å². The minimum Gasteiger partial charge on any atom is -0.369 e. The Balaban J connectivity index is 1.18. The smallest absolute Gasteiger partial charge is 0.270 e. The Labute approximate surface area is 244 Å². The number of carbonyl (C=O) groups excluding carboxylic acids is 3. The van der Waals surface area contributed by atoms with Crippen LogP contribution in [0.25, 0.3) is 5.65 Å². The molecule has 0 unspecified atom stereocenters. The SMILES string of the molecule is CC(=O)c1ccc2c(c1C)CC[C@@H]2NC(=O)c1cc(C(=O)NCc2cccc(N3CCN(C)CC3)c2)nc2ccnn12. The maximum Gasteiger partial charge on any atom is 0.270 e. The molecule has 10 nitrogen and oxygen atoms in total. The van der Waals surface area contributed by atoms with Crippen LogP contribution in [0.15, 0.2) is 54.7 Å². The van der Waals surface area contributed by atoms with Gasteiger partial charge in [-0.2, -0.15) is 5.10 Å². The van der Waals surface area contributed by atoms with Gasteiger partial charge in [0.25, 0.3) is 11.8 Å². The summed E-state index contributed by atoms with van der Waals surface area (Å²) in [5.41, 5.74) is 6.77. The molecule has 4 aromatic rings. The Morgan fingerprint density at radius 3 is 2.60 bits per heavy atom. The summed E-state index contributed by atoms with van der Waals surface area (Å²) in [6, 6.07) is 14.9. The lowest BCUT2D eigenvalue weighted by Crippen LogP contribution is -2.44. The topological polar surface area (TPSA) is 112 Å². The molecular formula is C32H35N7O3. The standard InChI is InChI=1S/C32H35N7O3/c1-20-24(21(2)40)7-8-26-25(20)9-10-27(26)36-32(42)29-18-28(35-30-11-12-34-39(29)30)31(41)33-19-22-5-4-6-23(17-22)38-15-13-37(3)14-16-38/h4-8,11-12,17-18,27H,9-10,13-16,19H2,1-3H3,(H,33,41)(H,36,42)/t27-/m0/s1. The fourth-order valence-corrected chi connectivity index (χ4v) is 6.04. The van der Waals surface area contributed by atoms with Crippen molar-refractivity contribution in [3.05, 3.63) is 93.9 Å². The average molecular weight is 566 g/mol. The van der Waals surface area contributed by atoms with Gasteiger partial charge in [-0.15, -0.1) is 0 Å². The molecule has 1 fully saturated rings. The molecule has 1 aliphatic carbocycles. The summed E-state index contributed by atoms with van der Waals surface area (Å²) in [7, 11) is 2.13. The number of fused-ring (bicyclic) bond motifs is 2. The van der Waals surface area contributed by atoms with E-state index in [1.165, 1.54) is 10.6 Å². The highest BCUT2D eigenvalue weighted by Gasteiger charge is 2.28. The van der Waals surface area contributed by atoms with E-state index in [0.717, 1.165) is 72.5 Å². The van der Waals surface area contributed by atoms with Gasteiger partial charge < -0.3 is 20.4 Å². The molecule has 1 atom stereocenters. The van der Waals surface area contributed by atoms with Gasteiger partial charge in [-0.25, -0.2) is 9.50 Å². The average Bonchev–Trinajstić information content (AvgIpc) is 3.63. The van der Waals surface area contributed by atoms with E-state index in [0.29, 0.717) is 12.2 Å². The van der Waals surface area contributed by atoms with Crippen LogP contribution in [-0.4, -0.2) is 70.3 Å². The highest BCUT2D eigenvalue weighted by molar-refractivity contribution is 5.99. The van der Waals surface area contributed by atoms with Crippen LogP contribution in [0.4, 0.5) is 5.69 Å². The summed E-state index contributed by atoms with van der Waals surface area (Å²) in [5, 5.41) is 10.4. The molecule has 2 N–H and O–H groups in total. The summed E-state index contributed by atoms with van der Waals surface area (Å²) in [6.07, 6.45) is 3.07. The first-order chi connectivity index (χ1) is 20.3. The van der Waals surface area contributed by atoms with Crippen molar-refractivity contribution in [2.45, 2.75) is 39.3 Å². The number of nitrogens with one attached hydrogen (secondary N) is 2. The van der Waals surface area contributed by atoms with Gasteiger partial charge in [0.1, 0.15) is 11.4 Å². The van der Waals surface area contributed by atoms with Gasteiger partial charge in [0, 0.05) is 56.1 Å². The second kappa shape index (κ2) is 11.4. The van der Waals surface area contributed by atoms with Crippen molar-refractivity contribution < 1.29 is 14.4 Å². The second-order valence-electron chi connectivity index (χ2n) is 11.2. The van der Waals surface area contributed by atoms with Gasteiger partial charge in [0.05, 0.1) is 12.2 Å². The number of benzene rings is 2. The van der Waals surface area contributed by atoms with Crippen molar-refractivity contribution in [2.24, 2.45) is 0 Å². The third-order valence-corrected chi connectivity index (χ3v) is 8.43. The molecule has 1 saturated heterocycles. The number of Topliss-reactive ketones (excluding diaryl/α,β-unsaturated/α-hetero) is 1. The molecule has 0 spiro atoms. The molecule has 0 saturated carbocycles. The summed E-state index contributed by atoms with van der Waals surface area (Å²) in [6.45, 7) is 7.86. The molecular weight excluding hydrogens is 530 g/mol. The number of hydrogen-bond donors (Lipinski definition) is 2. The first-order valence-corrected chi connectivity index (χ1v) is 14.4. The van der Waals surface area contributed by atoms with Crippen LogP contribution in [0.3, 0.4) is 0 Å². The molecule has 216 valence electrons. The quantitative estimate of drug-likeness (QED) is 0.331. The number of aromatic nitrogens is 3. The zero-order valence-corrected chi connectivity index (χ0v) is 24.2. The first kappa shape index (κ1) is 27.6. The molecule has 2 aromatic heterocycles. The number of ketones is 1. The Hall–Kier alpha value is -4.57. The van der Waals surface area contributed by atoms with E-state index in [-0.39, 0.29) is 35.0 Å². The van der Waals surface area contributed by atoms with Gasteiger partial charge in [-0.1, -0.05) is 24.3 Å². The number of nitrogens with zero attached hydrogens (tertiary/aromatic N) is 5. The van der Waals surface area contributed by atoms with Crippen molar-refractivity contribution in [3.8, 4) is 0 Å². The summed E-state index contributed by atoms with van der Waals surface area (Å²) in [5.74, 6) is -0.670. The predicted octanol–water partition coefficient (Wildman–Crippen LogP) is 3.34. The van der Waals surface area contributed by atoms with Crippen LogP contribution < -0.4 is 15.5 Å². The third kappa shape index (κ3) is 5.37. The maximum absolute atomic E-state index is 13.6. The molecule has 2 aliphatic rings. The Morgan fingerprint density at radius 2 is 1.81 bits per heavy atom. The Bertz CT molecular complexity index is 1690. The number of likely N-dealkylation sites (N-methyl/N-ethyl adjacent to an activating group) is 1. The summed E-state index contributed by atoms with van der Waals surface area (Å²) in [4.78, 5) is 47.9. The van der Waals surface area contributed by atoms with Crippen molar-refractivity contribution in [3.63, 3.8) is 0 Å². The first-order valence-electron chi connectivity index (χ1n) is 14.4. The van der Waals surface area contributed by atoms with Gasteiger partial charge >= 0.3 is 0 Å². The highest BCUT2D eigenvalue weighted by Crippen LogP contribution is 2.35. The number of anilines is 1. The van der Waals surface area contributed by atoms with Crippen LogP contribution in [-0.2, 0) is 13.0 Å². The van der Waals surface area contributed by atoms with Crippen LogP contribution in [0.5, 0.6) is 0 Å². The molecule has 2 amide bonds. The van der Waals surface area contributed by atoms with Crippen molar-refractivity contribution >= 4 is 28.9 Å². The fraction of sp³-hybridized carbons (Fsp3) is 0.344. The lowest BCUT2D eigenvalue weighted by molar-refractivity contribution is 0.0927. The lowest BCUT2D eigenvalue weighted by Gasteiger charge is -2.34. The van der Waals surface area contributed by atoms with E-state index in [1.54, 1.807) is 19.2 Å². The van der Waals surface area contributed by atoms with Crippen molar-refractivity contribution in [2.75, 3.05) is 38.1 Å². The number of amides is 2. The van der Waals surface area contributed by atoms with E-state index in [9.17, 15) is 14.4 Å². The molecule has 3 heterocycles. The number of rotatable bonds is 7. The van der Waals surface area contributed by atoms with E-state index < -0.39 is 0 Å². The summed E-state index contributed by atoms with van der Waals surface area (Å²) < 4.78 is 1.45. The number of piperazine rings is 1. The molecule has 0 bridgehead atoms. The van der Waals surface area contributed by atoms with Crippen LogP contribution in [0.1, 0.15) is 73.0 Å². The zero-order chi connectivity index (χ0) is 29.4. The summed E-state index contributed by atoms with van der Waals surface area (Å²) >= 11 is 0. The fourth-order valence-electron chi connectivity index (χ4n) is 6.04. The molecule has 42 heavy (non-hydrogen) atoms. The molecule has 2 aromatic carbocycles. The highest BCUT2D eigenvalue weighted by atomic mass is 16.2. The normalized spacial score (nSPS) is 16.8. The second-order valence-corrected chi connectivity index (χ2v) is 11.2. The molecule has 1 aliphatic heterocycles. The van der Waals surface area contributed by atoms with E-state index >= 15 is 0 Å². The maximum atomic E-state index is 13.6. The minimum atomic E-state index is -0.364. The lowest BCUT2D eigenvalue weighted by atomic mass is 9.96. The van der Waals surface area contributed by atoms with Gasteiger partial charge in [0.2, 0.25) is 0 Å². The van der Waals surface area contributed by atoms with Crippen LogP contribution >= 0.6 is 0 Å². The van der Waals surface area contributed by atoms with Gasteiger partial charge in [0.15, 0.2) is 11.4 Å². The third-order valence-electron chi connectivity index (χ3n) is 8.43. The zero-order valence-electron chi connectivity index (χ0n) is 24.2. The van der Waals surface area contributed by atoms with E-state index in [4.69, 9.17) is 0 Å². The van der Waals surface area contributed by atoms with Gasteiger partial charge in [-0.3, -0.25) is 14.4 Å².